The van der Waals surface area contributed by atoms with Crippen molar-refractivity contribution in [3.8, 4) is 22.4 Å². The first-order valence-corrected chi connectivity index (χ1v) is 17.7. The molecule has 0 radical (unpaired) electrons. The lowest BCUT2D eigenvalue weighted by Crippen LogP contribution is -2.43. The number of imidazole rings is 1. The summed E-state index contributed by atoms with van der Waals surface area (Å²) in [6, 6.07) is 13.3. The van der Waals surface area contributed by atoms with E-state index in [1.165, 1.54) is 33.4 Å². The molecule has 2 fully saturated rings. The number of carbonyl (C=O) groups excluding carboxylic acids is 2. The number of fused-ring (bicyclic) bond motifs is 3. The fourth-order valence-corrected chi connectivity index (χ4v) is 7.83. The molecule has 9 nitrogen and oxygen atoms in total. The molecule has 9 heteroatoms. The first kappa shape index (κ1) is 33.1. The molecule has 7 rings (SSSR count). The lowest BCUT2D eigenvalue weighted by atomic mass is 9.81. The van der Waals surface area contributed by atoms with Crippen molar-refractivity contribution in [2.75, 3.05) is 13.1 Å². The van der Waals surface area contributed by atoms with E-state index in [9.17, 15) is 9.59 Å². The number of hydrogen-bond donors (Lipinski definition) is 1. The molecule has 1 N–H and O–H groups in total. The Morgan fingerprint density at radius 1 is 0.816 bits per heavy atom. The van der Waals surface area contributed by atoms with E-state index in [-0.39, 0.29) is 29.7 Å². The molecular weight excluding hydrogens is 614 g/mol. The molecule has 3 aromatic rings. The standard InChI is InChI=1S/C40H49N5O4/c1-38(2,3)48-36(46)44-17-9-11-33(44)31-21-26(22-41-31)24-13-15-27-28-16-14-25(20-30(28)40(7,8)29(27)19-24)32-23-42-35(43-32)34-12-10-18-45(34)37(47)49-39(4,5)6/h13-16,19-20,22-23,33-34H,9-12,17-18,21H2,1-8H3,(H,42,43)/t33-,34-/m0/s1. The predicted molar refractivity (Wildman–Crippen MR) is 192 cm³/mol. The van der Waals surface area contributed by atoms with E-state index in [0.717, 1.165) is 54.9 Å². The number of amides is 2. The van der Waals surface area contributed by atoms with E-state index in [4.69, 9.17) is 19.5 Å². The highest BCUT2D eigenvalue weighted by atomic mass is 16.6. The summed E-state index contributed by atoms with van der Waals surface area (Å²) in [5, 5.41) is 0. The van der Waals surface area contributed by atoms with Crippen molar-refractivity contribution >= 4 is 23.5 Å². The largest absolute Gasteiger partial charge is 0.444 e. The molecule has 0 spiro atoms. The van der Waals surface area contributed by atoms with Gasteiger partial charge in [0, 0.05) is 36.8 Å². The monoisotopic (exact) mass is 663 g/mol. The highest BCUT2D eigenvalue weighted by molar-refractivity contribution is 6.03. The molecule has 1 aromatic heterocycles. The summed E-state index contributed by atoms with van der Waals surface area (Å²) in [4.78, 5) is 42.7. The summed E-state index contributed by atoms with van der Waals surface area (Å²) in [5.74, 6) is 0.796. The normalized spacial score (nSPS) is 21.4. The number of likely N-dealkylation sites (tertiary alicyclic amines) is 2. The topological polar surface area (TPSA) is 100 Å². The minimum atomic E-state index is -0.542. The molecule has 2 amide bonds. The van der Waals surface area contributed by atoms with Crippen LogP contribution in [0.5, 0.6) is 0 Å². The van der Waals surface area contributed by atoms with Gasteiger partial charge in [0.1, 0.15) is 17.0 Å². The number of benzene rings is 2. The number of H-pyrrole nitrogens is 1. The van der Waals surface area contributed by atoms with Crippen molar-refractivity contribution in [2.24, 2.45) is 4.99 Å². The van der Waals surface area contributed by atoms with Crippen molar-refractivity contribution in [3.63, 3.8) is 0 Å². The summed E-state index contributed by atoms with van der Waals surface area (Å²) < 4.78 is 11.4. The fourth-order valence-electron chi connectivity index (χ4n) is 7.83. The average molecular weight is 664 g/mol. The van der Waals surface area contributed by atoms with Gasteiger partial charge in [-0.1, -0.05) is 38.1 Å². The Morgan fingerprint density at radius 2 is 1.37 bits per heavy atom. The number of hydrogen-bond acceptors (Lipinski definition) is 6. The molecule has 4 heterocycles. The van der Waals surface area contributed by atoms with Gasteiger partial charge in [-0.2, -0.15) is 0 Å². The molecule has 0 saturated carbocycles. The van der Waals surface area contributed by atoms with Crippen LogP contribution in [0.25, 0.3) is 28.0 Å². The van der Waals surface area contributed by atoms with Crippen LogP contribution in [0.15, 0.2) is 53.8 Å². The first-order valence-electron chi connectivity index (χ1n) is 17.7. The number of allylic oxidation sites excluding steroid dienone is 1. The Balaban J connectivity index is 1.08. The fraction of sp³-hybridized carbons (Fsp3) is 0.500. The van der Waals surface area contributed by atoms with Crippen LogP contribution in [0.4, 0.5) is 9.59 Å². The highest BCUT2D eigenvalue weighted by Crippen LogP contribution is 2.50. The summed E-state index contributed by atoms with van der Waals surface area (Å²) in [6.45, 7) is 17.4. The number of rotatable bonds is 4. The van der Waals surface area contributed by atoms with Crippen molar-refractivity contribution in [1.82, 2.24) is 19.8 Å². The average Bonchev–Trinajstić information content (AvgIpc) is 3.85. The van der Waals surface area contributed by atoms with E-state index in [1.807, 2.05) is 58.8 Å². The lowest BCUT2D eigenvalue weighted by Gasteiger charge is -2.28. The second kappa shape index (κ2) is 11.9. The molecule has 49 heavy (non-hydrogen) atoms. The van der Waals surface area contributed by atoms with Crippen LogP contribution in [0, 0.1) is 0 Å². The first-order chi connectivity index (χ1) is 23.1. The summed E-state index contributed by atoms with van der Waals surface area (Å²) in [7, 11) is 0. The quantitative estimate of drug-likeness (QED) is 0.300. The minimum absolute atomic E-state index is 0.0193. The number of nitrogens with one attached hydrogen (secondary N) is 1. The highest BCUT2D eigenvalue weighted by Gasteiger charge is 2.39. The number of nitrogens with zero attached hydrogens (tertiary/aromatic N) is 4. The third-order valence-corrected chi connectivity index (χ3v) is 10.2. The second-order valence-electron chi connectivity index (χ2n) is 16.4. The Morgan fingerprint density at radius 3 is 1.98 bits per heavy atom. The molecule has 2 atom stereocenters. The number of aromatic nitrogens is 2. The third kappa shape index (κ3) is 6.28. The van der Waals surface area contributed by atoms with Gasteiger partial charge >= 0.3 is 12.2 Å². The zero-order chi connectivity index (χ0) is 34.9. The van der Waals surface area contributed by atoms with Gasteiger partial charge in [0.05, 0.1) is 24.0 Å². The Bertz CT molecular complexity index is 1870. The van der Waals surface area contributed by atoms with Gasteiger partial charge in [0.25, 0.3) is 0 Å². The van der Waals surface area contributed by atoms with Gasteiger partial charge in [0.2, 0.25) is 0 Å². The van der Waals surface area contributed by atoms with Crippen molar-refractivity contribution in [2.45, 2.75) is 116 Å². The number of aromatic amines is 1. The van der Waals surface area contributed by atoms with Crippen molar-refractivity contribution < 1.29 is 19.1 Å². The third-order valence-electron chi connectivity index (χ3n) is 10.2. The van der Waals surface area contributed by atoms with Gasteiger partial charge in [-0.15, -0.1) is 0 Å². The van der Waals surface area contributed by atoms with Crippen LogP contribution in [0.2, 0.25) is 0 Å². The SMILES string of the molecule is CC(C)(C)OC(=O)N1CCC[C@H]1C1=NC=C(c2ccc3c(c2)C(C)(C)c2cc(-c4cnc([C@@H]5CCCN5C(=O)OC(C)(C)C)[nH]4)ccc2-3)C1. The molecule has 1 aliphatic carbocycles. The maximum atomic E-state index is 12.9. The molecule has 2 saturated heterocycles. The molecule has 4 aliphatic rings. The number of carbonyl (C=O) groups is 2. The zero-order valence-corrected chi connectivity index (χ0v) is 30.1. The number of ether oxygens (including phenoxy) is 2. The van der Waals surface area contributed by atoms with Crippen LogP contribution >= 0.6 is 0 Å². The van der Waals surface area contributed by atoms with Gasteiger partial charge < -0.3 is 14.5 Å². The van der Waals surface area contributed by atoms with Gasteiger partial charge in [-0.05, 0) is 118 Å². The van der Waals surface area contributed by atoms with E-state index in [0.29, 0.717) is 13.1 Å². The van der Waals surface area contributed by atoms with Crippen LogP contribution in [0.1, 0.15) is 116 Å². The van der Waals surface area contributed by atoms with Crippen LogP contribution in [-0.2, 0) is 14.9 Å². The van der Waals surface area contributed by atoms with E-state index >= 15 is 0 Å². The maximum Gasteiger partial charge on any atom is 0.410 e. The predicted octanol–water partition coefficient (Wildman–Crippen LogP) is 9.04. The smallest absolute Gasteiger partial charge is 0.410 e. The van der Waals surface area contributed by atoms with Crippen LogP contribution in [-0.4, -0.2) is 68.0 Å². The molecular formula is C40H49N5O4. The van der Waals surface area contributed by atoms with Crippen molar-refractivity contribution in [3.05, 3.63) is 71.3 Å². The van der Waals surface area contributed by atoms with Gasteiger partial charge in [0.15, 0.2) is 0 Å². The molecule has 0 bridgehead atoms. The lowest BCUT2D eigenvalue weighted by molar-refractivity contribution is 0.0216. The van der Waals surface area contributed by atoms with Crippen LogP contribution in [0.3, 0.4) is 0 Å². The summed E-state index contributed by atoms with van der Waals surface area (Å²) >= 11 is 0. The van der Waals surface area contributed by atoms with E-state index in [2.05, 4.69) is 55.2 Å². The second-order valence-corrected chi connectivity index (χ2v) is 16.4. The molecule has 258 valence electrons. The van der Waals surface area contributed by atoms with Gasteiger partial charge in [-0.25, -0.2) is 14.6 Å². The van der Waals surface area contributed by atoms with E-state index in [1.54, 1.807) is 4.90 Å². The molecule has 0 unspecified atom stereocenters. The zero-order valence-electron chi connectivity index (χ0n) is 30.1. The van der Waals surface area contributed by atoms with Crippen molar-refractivity contribution in [1.29, 1.82) is 0 Å². The maximum absolute atomic E-state index is 12.9. The summed E-state index contributed by atoms with van der Waals surface area (Å²) in [5.41, 5.74) is 9.21. The number of aliphatic imine (C=N–C) groups is 1. The Hall–Kier alpha value is -4.40. The van der Waals surface area contributed by atoms with E-state index < -0.39 is 11.2 Å². The summed E-state index contributed by atoms with van der Waals surface area (Å²) in [6.07, 6.45) is 7.70. The van der Waals surface area contributed by atoms with Crippen LogP contribution < -0.4 is 0 Å². The molecule has 2 aromatic carbocycles. The molecule has 3 aliphatic heterocycles. The Labute approximate surface area is 289 Å². The minimum Gasteiger partial charge on any atom is -0.444 e. The Kier molecular flexibility index (Phi) is 8.03. The van der Waals surface area contributed by atoms with Gasteiger partial charge in [-0.3, -0.25) is 14.8 Å².